The van der Waals surface area contributed by atoms with Gasteiger partial charge in [0, 0.05) is 74.3 Å². The topological polar surface area (TPSA) is 109 Å². The van der Waals surface area contributed by atoms with Crippen LogP contribution in [0.25, 0.3) is 32.2 Å². The summed E-state index contributed by atoms with van der Waals surface area (Å²) in [6.07, 6.45) is 8.70. The lowest BCUT2D eigenvalue weighted by Crippen LogP contribution is -2.35. The lowest BCUT2D eigenvalue weighted by atomic mass is 10.00. The number of aromatic nitrogens is 1. The molecule has 0 spiro atoms. The molecule has 0 unspecified atom stereocenters. The highest BCUT2D eigenvalue weighted by Gasteiger charge is 2.29. The van der Waals surface area contributed by atoms with E-state index >= 15 is 0 Å². The molecule has 8 nitrogen and oxygen atoms in total. The van der Waals surface area contributed by atoms with Crippen LogP contribution in [0.15, 0.2) is 77.1 Å². The van der Waals surface area contributed by atoms with Gasteiger partial charge in [-0.3, -0.25) is 25.5 Å². The molecule has 0 fully saturated rings. The van der Waals surface area contributed by atoms with E-state index in [1.165, 1.54) is 86.8 Å². The molecule has 0 saturated heterocycles. The first kappa shape index (κ1) is 44.0. The van der Waals surface area contributed by atoms with Crippen molar-refractivity contribution in [3.63, 3.8) is 0 Å². The molecule has 1 aliphatic heterocycles. The summed E-state index contributed by atoms with van der Waals surface area (Å²) < 4.78 is 2.45. The predicted octanol–water partition coefficient (Wildman–Crippen LogP) is 12.5. The number of aliphatic imine (C=N–C) groups is 1. The molecule has 310 valence electrons. The van der Waals surface area contributed by atoms with Crippen LogP contribution in [0.4, 0.5) is 5.00 Å². The molecule has 0 atom stereocenters. The number of nitrogens with zero attached hydrogens (tertiary/aromatic N) is 3. The minimum Gasteiger partial charge on any atom is -0.356 e. The van der Waals surface area contributed by atoms with Gasteiger partial charge in [0.2, 0.25) is 5.91 Å². The number of anilines is 1. The first-order valence-electron chi connectivity index (χ1n) is 20.9. The second kappa shape index (κ2) is 20.6. The summed E-state index contributed by atoms with van der Waals surface area (Å²) in [6.45, 7) is 15.9. The third kappa shape index (κ3) is 10.8. The summed E-state index contributed by atoms with van der Waals surface area (Å²) in [5.41, 5.74) is 10.7. The van der Waals surface area contributed by atoms with Crippen molar-refractivity contribution < 1.29 is 4.79 Å². The van der Waals surface area contributed by atoms with Gasteiger partial charge in [-0.1, -0.05) is 74.0 Å². The third-order valence-corrected chi connectivity index (χ3v) is 13.5. The second-order valence-corrected chi connectivity index (χ2v) is 18.0. The van der Waals surface area contributed by atoms with Crippen molar-refractivity contribution in [1.29, 1.82) is 10.8 Å². The van der Waals surface area contributed by atoms with Gasteiger partial charge in [0.1, 0.15) is 16.7 Å². The molecule has 0 radical (unpaired) electrons. The quantitative estimate of drug-likeness (QED) is 0.0469. The number of amides is 1. The van der Waals surface area contributed by atoms with Crippen molar-refractivity contribution in [2.45, 2.75) is 99.6 Å². The van der Waals surface area contributed by atoms with E-state index in [4.69, 9.17) is 22.4 Å². The number of rotatable bonds is 15. The molecule has 1 amide bonds. The zero-order chi connectivity index (χ0) is 42.1. The summed E-state index contributed by atoms with van der Waals surface area (Å²) in [5, 5.41) is 29.4. The SMILES string of the molecule is CC(=N)N1C(=N)CN=C(c2ccc(Cl)cc2)c2c1sc(C)c2C.CCn1c2ccc(CNCCCCCCCCCNC(C)=O)cc2c2ccc(-c3cc(C)cs3)cc21. The van der Waals surface area contributed by atoms with Gasteiger partial charge in [-0.2, -0.15) is 0 Å². The molecule has 4 heterocycles. The van der Waals surface area contributed by atoms with E-state index < -0.39 is 0 Å². The summed E-state index contributed by atoms with van der Waals surface area (Å²) in [4.78, 5) is 19.7. The molecule has 59 heavy (non-hydrogen) atoms. The van der Waals surface area contributed by atoms with Crippen molar-refractivity contribution in [1.82, 2.24) is 15.2 Å². The van der Waals surface area contributed by atoms with Crippen molar-refractivity contribution in [3.8, 4) is 10.4 Å². The number of fused-ring (bicyclic) bond motifs is 4. The lowest BCUT2D eigenvalue weighted by molar-refractivity contribution is -0.118. The number of halogens is 1. The molecule has 3 aromatic carbocycles. The number of hydrogen-bond donors (Lipinski definition) is 4. The summed E-state index contributed by atoms with van der Waals surface area (Å²) in [6, 6.07) is 23.8. The maximum absolute atomic E-state index is 10.9. The van der Waals surface area contributed by atoms with Crippen LogP contribution in [-0.2, 0) is 17.9 Å². The number of unbranched alkanes of at least 4 members (excludes halogenated alkanes) is 6. The fourth-order valence-corrected chi connectivity index (χ4v) is 10.0. The zero-order valence-corrected chi connectivity index (χ0v) is 37.7. The Kier molecular flexibility index (Phi) is 15.3. The average Bonchev–Trinajstić information content (AvgIpc) is 3.84. The number of thiophene rings is 2. The third-order valence-electron chi connectivity index (χ3n) is 10.9. The molecule has 6 aromatic rings. The lowest BCUT2D eigenvalue weighted by Gasteiger charge is -2.21. The van der Waals surface area contributed by atoms with Gasteiger partial charge in [0.25, 0.3) is 0 Å². The van der Waals surface area contributed by atoms with E-state index in [1.807, 2.05) is 35.6 Å². The highest BCUT2D eigenvalue weighted by Crippen LogP contribution is 2.39. The van der Waals surface area contributed by atoms with E-state index in [2.05, 4.69) is 95.7 Å². The van der Waals surface area contributed by atoms with Gasteiger partial charge in [0.05, 0.1) is 12.3 Å². The molecule has 3 aromatic heterocycles. The monoisotopic (exact) mass is 847 g/mol. The van der Waals surface area contributed by atoms with E-state index in [9.17, 15) is 4.79 Å². The Bertz CT molecular complexity index is 2460. The van der Waals surface area contributed by atoms with E-state index in [1.54, 1.807) is 30.1 Å². The van der Waals surface area contributed by atoms with Crippen LogP contribution in [0.5, 0.6) is 0 Å². The molecule has 11 heteroatoms. The number of amidine groups is 2. The van der Waals surface area contributed by atoms with Gasteiger partial charge in [-0.15, -0.1) is 22.7 Å². The number of nitrogens with one attached hydrogen (secondary N) is 4. The number of carbonyl (C=O) groups is 1. The van der Waals surface area contributed by atoms with Gasteiger partial charge >= 0.3 is 0 Å². The number of benzene rings is 3. The van der Waals surface area contributed by atoms with E-state index in [-0.39, 0.29) is 12.5 Å². The van der Waals surface area contributed by atoms with Crippen LogP contribution in [0.2, 0.25) is 5.02 Å². The molecule has 0 bridgehead atoms. The molecule has 7 rings (SSSR count). The summed E-state index contributed by atoms with van der Waals surface area (Å²) >= 11 is 9.43. The highest BCUT2D eigenvalue weighted by molar-refractivity contribution is 7.17. The van der Waals surface area contributed by atoms with Gasteiger partial charge in [-0.25, -0.2) is 0 Å². The van der Waals surface area contributed by atoms with Crippen molar-refractivity contribution in [2.24, 2.45) is 4.99 Å². The van der Waals surface area contributed by atoms with Crippen molar-refractivity contribution in [3.05, 3.63) is 110 Å². The zero-order valence-electron chi connectivity index (χ0n) is 35.4. The van der Waals surface area contributed by atoms with Crippen LogP contribution in [0, 0.1) is 31.6 Å². The average molecular weight is 849 g/mol. The fraction of sp³-hybridized carbons (Fsp3) is 0.375. The van der Waals surface area contributed by atoms with Crippen LogP contribution in [0.3, 0.4) is 0 Å². The Hall–Kier alpha value is -4.61. The van der Waals surface area contributed by atoms with Gasteiger partial charge in [0.15, 0.2) is 0 Å². The molecular weight excluding hydrogens is 790 g/mol. The van der Waals surface area contributed by atoms with Crippen molar-refractivity contribution in [2.75, 3.05) is 24.5 Å². The standard InChI is InChI=1S/C31H41N3OS.C17H17ClN4S/c1-4-34-29-15-12-25(21-32-16-10-8-6-5-7-9-11-17-33-24(3)35)19-28(29)27-14-13-26(20-30(27)34)31-18-23(2)22-36-31;1-9-10(2)23-17-15(9)16(12-4-6-13(18)7-5-12)21-8-14(20)22(17)11(3)19/h12-15,18-20,22,32H,4-11,16-17,21H2,1-3H3,(H,33,35);4-7,19-20H,8H2,1-3H3. The first-order valence-corrected chi connectivity index (χ1v) is 22.9. The van der Waals surface area contributed by atoms with Crippen LogP contribution >= 0.6 is 34.3 Å². The van der Waals surface area contributed by atoms with Crippen molar-refractivity contribution >= 4 is 84.4 Å². The van der Waals surface area contributed by atoms with Gasteiger partial charge in [-0.05, 0) is 118 Å². The Morgan fingerprint density at radius 2 is 1.54 bits per heavy atom. The summed E-state index contributed by atoms with van der Waals surface area (Å²) in [5.74, 6) is 0.739. The van der Waals surface area contributed by atoms with E-state index in [0.29, 0.717) is 16.7 Å². The highest BCUT2D eigenvalue weighted by atomic mass is 35.5. The molecular formula is C48H58ClN7OS2. The first-order chi connectivity index (χ1) is 28.5. The largest absolute Gasteiger partial charge is 0.356 e. The molecule has 4 N–H and O–H groups in total. The summed E-state index contributed by atoms with van der Waals surface area (Å²) in [7, 11) is 0. The minimum absolute atomic E-state index is 0.0774. The van der Waals surface area contributed by atoms with Crippen LogP contribution < -0.4 is 15.5 Å². The fourth-order valence-electron chi connectivity index (χ4n) is 7.76. The van der Waals surface area contributed by atoms with Gasteiger partial charge < -0.3 is 15.2 Å². The number of carbonyl (C=O) groups excluding carboxylic acids is 1. The maximum Gasteiger partial charge on any atom is 0.216 e. The predicted molar refractivity (Wildman–Crippen MR) is 255 cm³/mol. The Labute approximate surface area is 362 Å². The molecule has 0 saturated carbocycles. The second-order valence-electron chi connectivity index (χ2n) is 15.5. The molecule has 0 aliphatic carbocycles. The van der Waals surface area contributed by atoms with Crippen LogP contribution in [-0.4, -0.2) is 47.5 Å². The smallest absolute Gasteiger partial charge is 0.216 e. The normalized spacial score (nSPS) is 12.6. The maximum atomic E-state index is 10.9. The van der Waals surface area contributed by atoms with Crippen LogP contribution in [0.1, 0.15) is 98.4 Å². The van der Waals surface area contributed by atoms with E-state index in [0.717, 1.165) is 60.0 Å². The number of hydrogen-bond acceptors (Lipinski definition) is 7. The Balaban J connectivity index is 0.000000219. The minimum atomic E-state index is 0.0774. The molecule has 1 aliphatic rings. The Morgan fingerprint density at radius 1 is 0.847 bits per heavy atom. The Morgan fingerprint density at radius 3 is 2.20 bits per heavy atom. The number of aryl methyl sites for hydroxylation is 3.